The Labute approximate surface area is 93.4 Å². The van der Waals surface area contributed by atoms with E-state index in [4.69, 9.17) is 11.6 Å². The zero-order valence-corrected chi connectivity index (χ0v) is 10.1. The minimum absolute atomic E-state index is 0.0620. The molecule has 0 aliphatic rings. The van der Waals surface area contributed by atoms with Gasteiger partial charge in [-0.05, 0) is 12.1 Å². The van der Waals surface area contributed by atoms with Gasteiger partial charge in [-0.15, -0.1) is 0 Å². The molecule has 1 rings (SSSR count). The van der Waals surface area contributed by atoms with Crippen molar-refractivity contribution in [2.75, 3.05) is 6.79 Å². The highest BCUT2D eigenvalue weighted by molar-refractivity contribution is 7.86. The monoisotopic (exact) mass is 270 g/mol. The van der Waals surface area contributed by atoms with Gasteiger partial charge in [0.1, 0.15) is 4.90 Å². The van der Waals surface area contributed by atoms with Crippen LogP contribution in [0.2, 0.25) is 5.02 Å². The lowest BCUT2D eigenvalue weighted by atomic mass is 10.4. The summed E-state index contributed by atoms with van der Waals surface area (Å²) in [6.45, 7) is -0.577. The lowest BCUT2D eigenvalue weighted by molar-refractivity contribution is 0.140. The molecule has 1 unspecified atom stereocenters. The molecule has 0 saturated carbocycles. The Hall–Kier alpha value is -0.390. The van der Waals surface area contributed by atoms with E-state index in [-0.39, 0.29) is 9.92 Å². The van der Waals surface area contributed by atoms with Gasteiger partial charge in [0.15, 0.2) is 15.5 Å². The third-order valence-corrected chi connectivity index (χ3v) is 3.46. The van der Waals surface area contributed by atoms with Gasteiger partial charge in [-0.25, -0.2) is 4.18 Å². The second-order valence-corrected chi connectivity index (χ2v) is 4.90. The summed E-state index contributed by atoms with van der Waals surface area (Å²) in [6.07, 6.45) is 0. The van der Waals surface area contributed by atoms with Crippen molar-refractivity contribution in [1.82, 2.24) is 0 Å². The molecule has 0 heterocycles. The van der Waals surface area contributed by atoms with E-state index in [9.17, 15) is 13.0 Å². The van der Waals surface area contributed by atoms with E-state index in [1.807, 2.05) is 0 Å². The Morgan fingerprint density at radius 1 is 1.33 bits per heavy atom. The first kappa shape index (κ1) is 12.7. The Balaban J connectivity index is 2.87. The van der Waals surface area contributed by atoms with Crippen LogP contribution in [0.1, 0.15) is 0 Å². The van der Waals surface area contributed by atoms with Crippen molar-refractivity contribution in [1.29, 1.82) is 0 Å². The van der Waals surface area contributed by atoms with Crippen LogP contribution in [-0.2, 0) is 23.4 Å². The van der Waals surface area contributed by atoms with Crippen molar-refractivity contribution in [3.8, 4) is 0 Å². The van der Waals surface area contributed by atoms with Crippen molar-refractivity contribution < 1.29 is 21.7 Å². The molecule has 1 aromatic carbocycles. The minimum atomic E-state index is -3.95. The van der Waals surface area contributed by atoms with E-state index in [2.05, 4.69) is 8.71 Å². The zero-order valence-electron chi connectivity index (χ0n) is 7.42. The van der Waals surface area contributed by atoms with Crippen LogP contribution >= 0.6 is 20.3 Å². The Morgan fingerprint density at radius 2 is 2.00 bits per heavy atom. The predicted octanol–water partition coefficient (Wildman–Crippen LogP) is 1.69. The van der Waals surface area contributed by atoms with Crippen LogP contribution in [0.3, 0.4) is 0 Å². The summed E-state index contributed by atoms with van der Waals surface area (Å²) in [7, 11) is -5.44. The molecular formula is C7H8ClO5PS. The van der Waals surface area contributed by atoms with E-state index in [1.54, 1.807) is 6.07 Å². The molecule has 0 spiro atoms. The normalized spacial score (nSPS) is 12.3. The molecule has 1 atom stereocenters. The van der Waals surface area contributed by atoms with E-state index in [0.29, 0.717) is 0 Å². The second kappa shape index (κ2) is 5.63. The number of hydrogen-bond acceptors (Lipinski definition) is 5. The third-order valence-electron chi connectivity index (χ3n) is 1.45. The SMILES string of the molecule is O=[PH2]OCOS(=O)(=O)c1ccccc1Cl. The van der Waals surface area contributed by atoms with Gasteiger partial charge in [0, 0.05) is 0 Å². The van der Waals surface area contributed by atoms with Crippen LogP contribution < -0.4 is 0 Å². The minimum Gasteiger partial charge on any atom is -0.304 e. The molecule has 0 radical (unpaired) electrons. The summed E-state index contributed by atoms with van der Waals surface area (Å²) in [5.41, 5.74) is 0. The van der Waals surface area contributed by atoms with Crippen LogP contribution in [-0.4, -0.2) is 15.2 Å². The molecule has 0 fully saturated rings. The largest absolute Gasteiger partial charge is 0.304 e. The number of halogens is 1. The van der Waals surface area contributed by atoms with E-state index >= 15 is 0 Å². The van der Waals surface area contributed by atoms with Gasteiger partial charge >= 0.3 is 10.1 Å². The Morgan fingerprint density at radius 3 is 2.60 bits per heavy atom. The Bertz CT molecular complexity index is 446. The zero-order chi connectivity index (χ0) is 11.3. The topological polar surface area (TPSA) is 69.7 Å². The van der Waals surface area contributed by atoms with Gasteiger partial charge in [0.25, 0.3) is 0 Å². The fraction of sp³-hybridized carbons (Fsp3) is 0.143. The lowest BCUT2D eigenvalue weighted by Crippen LogP contribution is -2.08. The Kier molecular flexibility index (Phi) is 4.76. The molecule has 0 N–H and O–H groups in total. The highest BCUT2D eigenvalue weighted by atomic mass is 35.5. The van der Waals surface area contributed by atoms with E-state index in [1.165, 1.54) is 18.2 Å². The maximum Gasteiger partial charge on any atom is 0.300 e. The first-order valence-electron chi connectivity index (χ1n) is 3.77. The molecule has 5 nitrogen and oxygen atoms in total. The standard InChI is InChI=1S/C7H8ClO5PS/c8-6-3-1-2-4-7(6)15(10,11)13-5-12-14-9/h1-4H,5,14H2. The highest BCUT2D eigenvalue weighted by Crippen LogP contribution is 2.22. The van der Waals surface area contributed by atoms with Crippen LogP contribution in [0.15, 0.2) is 29.2 Å². The first-order valence-corrected chi connectivity index (χ1v) is 6.50. The van der Waals surface area contributed by atoms with Crippen molar-refractivity contribution in [3.63, 3.8) is 0 Å². The smallest absolute Gasteiger partial charge is 0.300 e. The van der Waals surface area contributed by atoms with Crippen LogP contribution in [0, 0.1) is 0 Å². The molecule has 0 saturated heterocycles. The van der Waals surface area contributed by atoms with Crippen molar-refractivity contribution in [2.24, 2.45) is 0 Å². The highest BCUT2D eigenvalue weighted by Gasteiger charge is 2.18. The maximum absolute atomic E-state index is 11.4. The van der Waals surface area contributed by atoms with Gasteiger partial charge in [0.05, 0.1) is 5.02 Å². The predicted molar refractivity (Wildman–Crippen MR) is 56.1 cm³/mol. The number of rotatable bonds is 5. The summed E-state index contributed by atoms with van der Waals surface area (Å²) in [6, 6.07) is 5.85. The third kappa shape index (κ3) is 3.59. The molecule has 84 valence electrons. The molecule has 0 aliphatic heterocycles. The first-order chi connectivity index (χ1) is 7.08. The van der Waals surface area contributed by atoms with Gasteiger partial charge in [-0.1, -0.05) is 23.7 Å². The summed E-state index contributed by atoms with van der Waals surface area (Å²) in [5, 5.41) is 0.0620. The van der Waals surface area contributed by atoms with E-state index < -0.39 is 25.6 Å². The molecule has 15 heavy (non-hydrogen) atoms. The lowest BCUT2D eigenvalue weighted by Gasteiger charge is -2.05. The molecular weight excluding hydrogens is 263 g/mol. The van der Waals surface area contributed by atoms with Crippen LogP contribution in [0.5, 0.6) is 0 Å². The average molecular weight is 271 g/mol. The average Bonchev–Trinajstić information content (AvgIpc) is 2.18. The summed E-state index contributed by atoms with van der Waals surface area (Å²) < 4.78 is 41.6. The quantitative estimate of drug-likeness (QED) is 0.352. The van der Waals surface area contributed by atoms with E-state index in [0.717, 1.165) is 0 Å². The van der Waals surface area contributed by atoms with Crippen LogP contribution in [0.4, 0.5) is 0 Å². The second-order valence-electron chi connectivity index (χ2n) is 2.38. The van der Waals surface area contributed by atoms with Crippen LogP contribution in [0.25, 0.3) is 0 Å². The van der Waals surface area contributed by atoms with Gasteiger partial charge < -0.3 is 4.52 Å². The van der Waals surface area contributed by atoms with Crippen molar-refractivity contribution >= 4 is 30.4 Å². The molecule has 0 amide bonds. The number of benzene rings is 1. The fourth-order valence-corrected chi connectivity index (χ4v) is 2.33. The molecule has 0 bridgehead atoms. The van der Waals surface area contributed by atoms with Crippen molar-refractivity contribution in [2.45, 2.75) is 4.90 Å². The molecule has 0 aromatic heterocycles. The van der Waals surface area contributed by atoms with Gasteiger partial charge in [0.2, 0.25) is 0 Å². The summed E-state index contributed by atoms with van der Waals surface area (Å²) >= 11 is 5.67. The molecule has 8 heteroatoms. The van der Waals surface area contributed by atoms with Gasteiger partial charge in [-0.3, -0.25) is 4.57 Å². The van der Waals surface area contributed by atoms with Crippen molar-refractivity contribution in [3.05, 3.63) is 29.3 Å². The number of hydrogen-bond donors (Lipinski definition) is 0. The van der Waals surface area contributed by atoms with Gasteiger partial charge in [-0.2, -0.15) is 8.42 Å². The summed E-state index contributed by atoms with van der Waals surface area (Å²) in [4.78, 5) is -0.142. The molecule has 0 aliphatic carbocycles. The summed E-state index contributed by atoms with van der Waals surface area (Å²) in [5.74, 6) is 0. The maximum atomic E-state index is 11.4. The molecule has 1 aromatic rings. The fourth-order valence-electron chi connectivity index (χ4n) is 0.830.